The molecule has 4 rings (SSSR count). The average Bonchev–Trinajstić information content (AvgIpc) is 3.15. The monoisotopic (exact) mass is 327 g/mol. The minimum Gasteiger partial charge on any atom is -0.497 e. The normalized spacial score (nSPS) is 19.3. The Kier molecular flexibility index (Phi) is 3.52. The number of rotatable bonds is 3. The molecule has 2 aliphatic heterocycles. The number of methoxy groups -OCH3 is 1. The smallest absolute Gasteiger partial charge is 0.236 e. The van der Waals surface area contributed by atoms with Crippen molar-refractivity contribution in [3.63, 3.8) is 0 Å². The number of benzene rings is 2. The molecule has 1 atom stereocenters. The Morgan fingerprint density at radius 2 is 1.77 bits per heavy atom. The molecule has 2 aromatic rings. The van der Waals surface area contributed by atoms with Gasteiger partial charge in [-0.15, -0.1) is 0 Å². The third-order valence-corrected chi connectivity index (χ3v) is 6.61. The first-order valence-electron chi connectivity index (χ1n) is 6.81. The molecule has 0 saturated carbocycles. The van der Waals surface area contributed by atoms with Crippen LogP contribution in [0.1, 0.15) is 11.1 Å². The summed E-state index contributed by atoms with van der Waals surface area (Å²) >= 11 is 0. The van der Waals surface area contributed by atoms with Gasteiger partial charge in [0.15, 0.2) is 0 Å². The van der Waals surface area contributed by atoms with Crippen LogP contribution in [0.25, 0.3) is 4.91 Å². The van der Waals surface area contributed by atoms with Gasteiger partial charge in [0.1, 0.15) is 10.7 Å². The summed E-state index contributed by atoms with van der Waals surface area (Å²) in [6, 6.07) is 18.1. The van der Waals surface area contributed by atoms with Crippen molar-refractivity contribution in [2.45, 2.75) is 0 Å². The molecular formula is C17H13NO2S2. The Morgan fingerprint density at radius 1 is 1.00 bits per heavy atom. The highest BCUT2D eigenvalue weighted by atomic mass is 33.1. The SMILES string of the molecule is COc1ccc(C2=CC3=S(OC(c4ccccc4)=N3)S2)cc1. The molecule has 110 valence electrons. The lowest BCUT2D eigenvalue weighted by Gasteiger charge is -2.07. The van der Waals surface area contributed by atoms with E-state index < -0.39 is 0 Å². The van der Waals surface area contributed by atoms with E-state index in [1.807, 2.05) is 42.5 Å². The molecule has 0 saturated heterocycles. The lowest BCUT2D eigenvalue weighted by atomic mass is 10.2. The summed E-state index contributed by atoms with van der Waals surface area (Å²) in [4.78, 5) is 6.83. The van der Waals surface area contributed by atoms with Gasteiger partial charge in [-0.1, -0.05) is 30.3 Å². The van der Waals surface area contributed by atoms with E-state index in [2.05, 4.69) is 23.2 Å². The van der Waals surface area contributed by atoms with Crippen molar-refractivity contribution >= 4 is 36.4 Å². The van der Waals surface area contributed by atoms with E-state index in [-0.39, 0.29) is 9.80 Å². The van der Waals surface area contributed by atoms with Crippen molar-refractivity contribution in [2.75, 3.05) is 7.11 Å². The molecule has 1 unspecified atom stereocenters. The predicted molar refractivity (Wildman–Crippen MR) is 95.2 cm³/mol. The number of hydrogen-bond acceptors (Lipinski definition) is 4. The molecule has 2 aromatic carbocycles. The van der Waals surface area contributed by atoms with E-state index in [1.165, 1.54) is 10.5 Å². The van der Waals surface area contributed by atoms with Gasteiger partial charge >= 0.3 is 0 Å². The molecule has 3 nitrogen and oxygen atoms in total. The zero-order valence-electron chi connectivity index (χ0n) is 11.9. The van der Waals surface area contributed by atoms with Crippen LogP contribution in [0, 0.1) is 0 Å². The van der Waals surface area contributed by atoms with Crippen LogP contribution in [0.5, 0.6) is 5.75 Å². The first kappa shape index (κ1) is 13.7. The number of hydrogen-bond donors (Lipinski definition) is 0. The van der Waals surface area contributed by atoms with Crippen LogP contribution < -0.4 is 4.74 Å². The molecule has 0 aliphatic carbocycles. The van der Waals surface area contributed by atoms with Gasteiger partial charge in [0, 0.05) is 10.5 Å². The third kappa shape index (κ3) is 2.46. The number of ether oxygens (including phenoxy) is 1. The molecule has 2 heterocycles. The Bertz CT molecular complexity index is 808. The van der Waals surface area contributed by atoms with Gasteiger partial charge in [-0.25, -0.2) is 4.99 Å². The van der Waals surface area contributed by atoms with Gasteiger partial charge in [-0.3, -0.25) is 0 Å². The molecule has 22 heavy (non-hydrogen) atoms. The Hall–Kier alpha value is -1.98. The van der Waals surface area contributed by atoms with Crippen LogP contribution in [-0.2, 0) is 4.18 Å². The van der Waals surface area contributed by atoms with Crippen molar-refractivity contribution < 1.29 is 8.92 Å². The molecule has 0 amide bonds. The zero-order valence-corrected chi connectivity index (χ0v) is 13.5. The van der Waals surface area contributed by atoms with Crippen molar-refractivity contribution in [3.8, 4) is 5.75 Å². The lowest BCUT2D eigenvalue weighted by Crippen LogP contribution is -1.99. The highest BCUT2D eigenvalue weighted by Crippen LogP contribution is 2.52. The maximum Gasteiger partial charge on any atom is 0.236 e. The summed E-state index contributed by atoms with van der Waals surface area (Å²) in [6.45, 7) is 0. The number of nitrogens with zero attached hydrogens (tertiary/aromatic N) is 1. The average molecular weight is 327 g/mol. The highest BCUT2D eigenvalue weighted by molar-refractivity contribution is 8.86. The highest BCUT2D eigenvalue weighted by Gasteiger charge is 2.26. The molecule has 0 radical (unpaired) electrons. The standard InChI is InChI=1S/C17H13NO2S2/c1-19-14-9-7-12(8-10-14)15-11-16-18-17(20-22(16)21-15)13-5-3-2-4-6-13/h2-11H,1H3. The summed E-state index contributed by atoms with van der Waals surface area (Å²) in [5.41, 5.74) is 2.19. The molecule has 2 aliphatic rings. The van der Waals surface area contributed by atoms with Crippen LogP contribution in [-0.4, -0.2) is 18.0 Å². The first-order chi connectivity index (χ1) is 10.8. The summed E-state index contributed by atoms with van der Waals surface area (Å²) < 4.78 is 11.2. The van der Waals surface area contributed by atoms with Crippen LogP contribution >= 0.6 is 20.6 Å². The molecule has 0 fully saturated rings. The lowest BCUT2D eigenvalue weighted by molar-refractivity contribution is 0.415. The summed E-state index contributed by atoms with van der Waals surface area (Å²) in [5.74, 6) is 1.58. The molecule has 5 heteroatoms. The topological polar surface area (TPSA) is 30.8 Å². The van der Waals surface area contributed by atoms with E-state index >= 15 is 0 Å². The first-order valence-corrected chi connectivity index (χ1v) is 9.30. The van der Waals surface area contributed by atoms with Crippen molar-refractivity contribution in [2.24, 2.45) is 4.99 Å². The Balaban J connectivity index is 1.57. The van der Waals surface area contributed by atoms with Crippen LogP contribution in [0.3, 0.4) is 0 Å². The molecule has 0 spiro atoms. The third-order valence-electron chi connectivity index (χ3n) is 3.35. The molecular weight excluding hydrogens is 314 g/mol. The van der Waals surface area contributed by atoms with E-state index in [9.17, 15) is 0 Å². The van der Waals surface area contributed by atoms with E-state index in [0.29, 0.717) is 0 Å². The Labute approximate surface area is 135 Å². The van der Waals surface area contributed by atoms with Crippen LogP contribution in [0.4, 0.5) is 0 Å². The van der Waals surface area contributed by atoms with Gasteiger partial charge in [0.25, 0.3) is 0 Å². The van der Waals surface area contributed by atoms with Crippen LogP contribution in [0.2, 0.25) is 0 Å². The minimum absolute atomic E-state index is 0.330. The van der Waals surface area contributed by atoms with Gasteiger partial charge in [-0.2, -0.15) is 0 Å². The van der Waals surface area contributed by atoms with Crippen molar-refractivity contribution in [1.82, 2.24) is 0 Å². The summed E-state index contributed by atoms with van der Waals surface area (Å²) in [7, 11) is 3.06. The maximum absolute atomic E-state index is 5.99. The molecule has 0 bridgehead atoms. The fraction of sp³-hybridized carbons (Fsp3) is 0.0588. The fourth-order valence-corrected chi connectivity index (χ4v) is 5.42. The Morgan fingerprint density at radius 3 is 2.45 bits per heavy atom. The molecule has 0 aromatic heterocycles. The fourth-order valence-electron chi connectivity index (χ4n) is 2.21. The summed E-state index contributed by atoms with van der Waals surface area (Å²) in [6.07, 6.45) is 2.12. The van der Waals surface area contributed by atoms with E-state index in [0.717, 1.165) is 22.2 Å². The van der Waals surface area contributed by atoms with Crippen LogP contribution in [0.15, 0.2) is 65.7 Å². The zero-order chi connectivity index (χ0) is 14.9. The predicted octanol–water partition coefficient (Wildman–Crippen LogP) is 4.49. The second kappa shape index (κ2) is 5.66. The van der Waals surface area contributed by atoms with Gasteiger partial charge in [-0.05, 0) is 46.7 Å². The second-order valence-electron chi connectivity index (χ2n) is 4.76. The van der Waals surface area contributed by atoms with Gasteiger partial charge < -0.3 is 8.92 Å². The minimum atomic E-state index is -0.330. The van der Waals surface area contributed by atoms with Crippen molar-refractivity contribution in [1.29, 1.82) is 0 Å². The molecule has 0 N–H and O–H groups in total. The van der Waals surface area contributed by atoms with Gasteiger partial charge in [0.05, 0.1) is 16.9 Å². The van der Waals surface area contributed by atoms with Crippen molar-refractivity contribution in [3.05, 3.63) is 71.8 Å². The second-order valence-corrected chi connectivity index (χ2v) is 7.83. The van der Waals surface area contributed by atoms with Gasteiger partial charge in [0.2, 0.25) is 5.90 Å². The summed E-state index contributed by atoms with van der Waals surface area (Å²) in [5, 5.41) is 0. The number of aliphatic imine (C=N–C) groups is 1. The van der Waals surface area contributed by atoms with E-state index in [4.69, 9.17) is 8.92 Å². The maximum atomic E-state index is 5.99. The van der Waals surface area contributed by atoms with E-state index in [1.54, 1.807) is 17.9 Å². The quantitative estimate of drug-likeness (QED) is 0.615. The largest absolute Gasteiger partial charge is 0.497 e.